The Bertz CT molecular complexity index is 641. The Morgan fingerprint density at radius 2 is 2.32 bits per heavy atom. The fourth-order valence-electron chi connectivity index (χ4n) is 1.91. The van der Waals surface area contributed by atoms with Crippen LogP contribution in [0.15, 0.2) is 15.8 Å². The molecule has 0 aliphatic carbocycles. The van der Waals surface area contributed by atoms with E-state index in [0.717, 1.165) is 4.57 Å². The Morgan fingerprint density at radius 1 is 1.58 bits per heavy atom. The summed E-state index contributed by atoms with van der Waals surface area (Å²) in [6.07, 6.45) is -0.984. The number of hydrogen-bond donors (Lipinski definition) is 3. The van der Waals surface area contributed by atoms with Crippen molar-refractivity contribution in [3.05, 3.63) is 32.6 Å². The van der Waals surface area contributed by atoms with Crippen molar-refractivity contribution in [3.8, 4) is 10.8 Å². The van der Waals surface area contributed by atoms with Crippen molar-refractivity contribution in [1.29, 1.82) is 0 Å². The quantitative estimate of drug-likeness (QED) is 0.596. The predicted octanol–water partition coefficient (Wildman–Crippen LogP) is -1.12. The van der Waals surface area contributed by atoms with Gasteiger partial charge in [0.25, 0.3) is 5.56 Å². The zero-order valence-electron chi connectivity index (χ0n) is 9.67. The van der Waals surface area contributed by atoms with Crippen LogP contribution in [0.3, 0.4) is 0 Å². The average Bonchev–Trinajstić information content (AvgIpc) is 2.74. The lowest BCUT2D eigenvalue weighted by Gasteiger charge is -2.17. The zero-order chi connectivity index (χ0) is 14.0. The maximum atomic E-state index is 11.7. The normalized spacial score (nSPS) is 25.9. The molecule has 102 valence electrons. The number of rotatable bonds is 2. The van der Waals surface area contributed by atoms with Crippen LogP contribution < -0.4 is 11.2 Å². The van der Waals surface area contributed by atoms with Gasteiger partial charge in [-0.3, -0.25) is 14.3 Å². The molecule has 19 heavy (non-hydrogen) atoms. The fraction of sp³-hybridized carbons (Fsp3) is 0.455. The summed E-state index contributed by atoms with van der Waals surface area (Å²) in [6, 6.07) is 0. The third-order valence-corrected chi connectivity index (χ3v) is 2.99. The topological polar surface area (TPSA) is 105 Å². The second kappa shape index (κ2) is 5.71. The van der Waals surface area contributed by atoms with Gasteiger partial charge in [-0.2, -0.15) is 0 Å². The highest BCUT2D eigenvalue weighted by Gasteiger charge is 2.35. The lowest BCUT2D eigenvalue weighted by atomic mass is 10.2. The van der Waals surface area contributed by atoms with Crippen LogP contribution in [-0.2, 0) is 4.74 Å². The molecule has 1 aliphatic heterocycles. The number of aliphatic hydroxyl groups is 2. The van der Waals surface area contributed by atoms with E-state index in [2.05, 4.69) is 31.7 Å². The standard InChI is InChI=1S/C11H11BrN2O5/c12-2-1-6-4-14(11(18)13-9(6)17)10-8(16)3-7(5-15)19-10/h4,7-8,10,15-16H,3,5H2,(H,13,17,18)/t7-,8?,10+/m1/s1. The summed E-state index contributed by atoms with van der Waals surface area (Å²) < 4.78 is 6.41. The van der Waals surface area contributed by atoms with Gasteiger partial charge in [-0.1, -0.05) is 0 Å². The number of ether oxygens (including phenoxy) is 1. The number of halogens is 1. The van der Waals surface area contributed by atoms with E-state index in [-0.39, 0.29) is 18.6 Å². The molecule has 1 fully saturated rings. The van der Waals surface area contributed by atoms with Gasteiger partial charge >= 0.3 is 5.69 Å². The van der Waals surface area contributed by atoms with E-state index >= 15 is 0 Å². The summed E-state index contributed by atoms with van der Waals surface area (Å²) in [4.78, 5) is 27.7. The number of aromatic nitrogens is 2. The molecule has 0 amide bonds. The van der Waals surface area contributed by atoms with E-state index < -0.39 is 29.7 Å². The molecule has 1 unspecified atom stereocenters. The largest absolute Gasteiger partial charge is 0.394 e. The van der Waals surface area contributed by atoms with Crippen molar-refractivity contribution < 1.29 is 14.9 Å². The van der Waals surface area contributed by atoms with Crippen LogP contribution in [0, 0.1) is 10.8 Å². The first-order valence-corrected chi connectivity index (χ1v) is 6.27. The van der Waals surface area contributed by atoms with Crippen LogP contribution >= 0.6 is 15.9 Å². The second-order valence-electron chi connectivity index (χ2n) is 4.06. The van der Waals surface area contributed by atoms with Crippen LogP contribution in [0.2, 0.25) is 0 Å². The average molecular weight is 331 g/mol. The molecule has 0 spiro atoms. The molecule has 8 heteroatoms. The molecule has 1 aromatic rings. The van der Waals surface area contributed by atoms with Crippen molar-refractivity contribution in [2.24, 2.45) is 0 Å². The van der Waals surface area contributed by atoms with Gasteiger partial charge in [-0.05, 0) is 10.8 Å². The van der Waals surface area contributed by atoms with E-state index in [1.165, 1.54) is 6.20 Å². The maximum Gasteiger partial charge on any atom is 0.330 e. The van der Waals surface area contributed by atoms with Gasteiger partial charge in [0.1, 0.15) is 11.7 Å². The first kappa shape index (κ1) is 14.0. The third kappa shape index (κ3) is 2.79. The summed E-state index contributed by atoms with van der Waals surface area (Å²) in [5.41, 5.74) is -1.24. The molecule has 1 saturated heterocycles. The van der Waals surface area contributed by atoms with Gasteiger partial charge < -0.3 is 14.9 Å². The van der Waals surface area contributed by atoms with E-state index in [4.69, 9.17) is 9.84 Å². The zero-order valence-corrected chi connectivity index (χ0v) is 11.3. The Hall–Kier alpha value is -1.40. The summed E-state index contributed by atoms with van der Waals surface area (Å²) in [7, 11) is 0. The number of hydrogen-bond acceptors (Lipinski definition) is 5. The van der Waals surface area contributed by atoms with Gasteiger partial charge in [0.15, 0.2) is 6.23 Å². The van der Waals surface area contributed by atoms with Crippen LogP contribution in [0.4, 0.5) is 0 Å². The first-order valence-electron chi connectivity index (χ1n) is 5.48. The molecular formula is C11H11BrN2O5. The fourth-order valence-corrected chi connectivity index (χ4v) is 2.13. The highest BCUT2D eigenvalue weighted by atomic mass is 79.9. The van der Waals surface area contributed by atoms with Crippen molar-refractivity contribution >= 4 is 15.9 Å². The van der Waals surface area contributed by atoms with Gasteiger partial charge in [0, 0.05) is 28.5 Å². The van der Waals surface area contributed by atoms with Gasteiger partial charge in [0.2, 0.25) is 0 Å². The Labute approximate surface area is 116 Å². The smallest absolute Gasteiger partial charge is 0.330 e. The van der Waals surface area contributed by atoms with Gasteiger partial charge in [-0.25, -0.2) is 4.79 Å². The minimum atomic E-state index is -0.947. The van der Waals surface area contributed by atoms with Crippen molar-refractivity contribution in [1.82, 2.24) is 9.55 Å². The minimum Gasteiger partial charge on any atom is -0.394 e. The van der Waals surface area contributed by atoms with Crippen LogP contribution in [0.5, 0.6) is 0 Å². The van der Waals surface area contributed by atoms with Crippen LogP contribution in [0.25, 0.3) is 0 Å². The third-order valence-electron chi connectivity index (χ3n) is 2.79. The lowest BCUT2D eigenvalue weighted by Crippen LogP contribution is -2.36. The van der Waals surface area contributed by atoms with Crippen molar-refractivity contribution in [2.45, 2.75) is 24.9 Å². The summed E-state index contributed by atoms with van der Waals surface area (Å²) in [6.45, 7) is -0.250. The Balaban J connectivity index is 2.44. The molecule has 1 aromatic heterocycles. The summed E-state index contributed by atoms with van der Waals surface area (Å²) in [5.74, 6) is 2.48. The highest BCUT2D eigenvalue weighted by Crippen LogP contribution is 2.27. The molecule has 1 aliphatic rings. The molecule has 3 atom stereocenters. The molecule has 2 rings (SSSR count). The molecular weight excluding hydrogens is 320 g/mol. The minimum absolute atomic E-state index is 0.0692. The number of H-pyrrole nitrogens is 1. The maximum absolute atomic E-state index is 11.7. The number of aromatic amines is 1. The number of nitrogens with one attached hydrogen (secondary N) is 1. The molecule has 0 radical (unpaired) electrons. The Kier molecular flexibility index (Phi) is 4.21. The Morgan fingerprint density at radius 3 is 2.89 bits per heavy atom. The van der Waals surface area contributed by atoms with Crippen LogP contribution in [-0.4, -0.2) is 38.6 Å². The van der Waals surface area contributed by atoms with E-state index in [1.54, 1.807) is 0 Å². The molecule has 0 aromatic carbocycles. The van der Waals surface area contributed by atoms with E-state index in [0.29, 0.717) is 0 Å². The summed E-state index contributed by atoms with van der Waals surface area (Å²) in [5, 5.41) is 18.8. The SMILES string of the molecule is O=c1[nH]c(=O)n([C@H]2O[C@@H](CO)CC2O)cc1C#CBr. The first-order chi connectivity index (χ1) is 9.06. The molecule has 3 N–H and O–H groups in total. The van der Waals surface area contributed by atoms with E-state index in [9.17, 15) is 14.7 Å². The van der Waals surface area contributed by atoms with Crippen molar-refractivity contribution in [2.75, 3.05) is 6.61 Å². The monoisotopic (exact) mass is 330 g/mol. The van der Waals surface area contributed by atoms with Crippen LogP contribution in [0.1, 0.15) is 18.2 Å². The molecule has 7 nitrogen and oxygen atoms in total. The number of aliphatic hydroxyl groups excluding tert-OH is 2. The molecule has 0 saturated carbocycles. The lowest BCUT2D eigenvalue weighted by molar-refractivity contribution is -0.0531. The van der Waals surface area contributed by atoms with Gasteiger partial charge in [-0.15, -0.1) is 0 Å². The van der Waals surface area contributed by atoms with E-state index in [1.807, 2.05) is 0 Å². The molecule has 2 heterocycles. The molecule has 0 bridgehead atoms. The predicted molar refractivity (Wildman–Crippen MR) is 68.7 cm³/mol. The second-order valence-corrected chi connectivity index (χ2v) is 4.46. The highest BCUT2D eigenvalue weighted by molar-refractivity contribution is 9.12. The van der Waals surface area contributed by atoms with Gasteiger partial charge in [0.05, 0.1) is 12.7 Å². The van der Waals surface area contributed by atoms with Crippen molar-refractivity contribution in [3.63, 3.8) is 0 Å². The number of nitrogens with zero attached hydrogens (tertiary/aromatic N) is 1. The summed E-state index contributed by atoms with van der Waals surface area (Å²) >= 11 is 2.86.